The van der Waals surface area contributed by atoms with Gasteiger partial charge >= 0.3 is 0 Å². The number of benzene rings is 2. The van der Waals surface area contributed by atoms with Gasteiger partial charge in [0.1, 0.15) is 16.7 Å². The average molecular weight is 442 g/mol. The first-order valence-electron chi connectivity index (χ1n) is 9.84. The Morgan fingerprint density at radius 1 is 0.968 bits per heavy atom. The summed E-state index contributed by atoms with van der Waals surface area (Å²) in [7, 11) is 0. The van der Waals surface area contributed by atoms with Crippen molar-refractivity contribution < 1.29 is 13.6 Å². The van der Waals surface area contributed by atoms with Crippen molar-refractivity contribution in [2.45, 2.75) is 5.03 Å². The minimum atomic E-state index is -0.810. The van der Waals surface area contributed by atoms with Crippen molar-refractivity contribution in [3.05, 3.63) is 72.6 Å². The molecule has 4 rings (SSSR count). The Bertz CT molecular complexity index is 1050. The molecule has 1 aromatic heterocycles. The number of halogens is 2. The third kappa shape index (κ3) is 5.29. The van der Waals surface area contributed by atoms with Gasteiger partial charge in [0.25, 0.3) is 0 Å². The molecule has 0 unspecified atom stereocenters. The third-order valence-corrected chi connectivity index (χ3v) is 5.86. The lowest BCUT2D eigenvalue weighted by atomic mass is 10.2. The van der Waals surface area contributed by atoms with Crippen LogP contribution in [-0.2, 0) is 4.79 Å². The lowest BCUT2D eigenvalue weighted by Gasteiger charge is -2.37. The van der Waals surface area contributed by atoms with Crippen molar-refractivity contribution in [2.75, 3.05) is 47.0 Å². The van der Waals surface area contributed by atoms with E-state index in [1.54, 1.807) is 12.4 Å². The molecule has 1 aliphatic heterocycles. The van der Waals surface area contributed by atoms with Crippen molar-refractivity contribution >= 4 is 34.9 Å². The van der Waals surface area contributed by atoms with Gasteiger partial charge in [-0.05, 0) is 24.3 Å². The first kappa shape index (κ1) is 21.0. The van der Waals surface area contributed by atoms with Crippen LogP contribution in [0, 0.1) is 11.6 Å². The highest BCUT2D eigenvalue weighted by molar-refractivity contribution is 8.00. The second kappa shape index (κ2) is 9.74. The topological polar surface area (TPSA) is 61.4 Å². The number of amides is 1. The summed E-state index contributed by atoms with van der Waals surface area (Å²) in [6, 6.07) is 13.3. The Morgan fingerprint density at radius 3 is 2.42 bits per heavy atom. The Hall–Kier alpha value is -3.20. The van der Waals surface area contributed by atoms with Crippen LogP contribution in [0.1, 0.15) is 0 Å². The predicted molar refractivity (Wildman–Crippen MR) is 119 cm³/mol. The van der Waals surface area contributed by atoms with Gasteiger partial charge in [-0.15, -0.1) is 0 Å². The van der Waals surface area contributed by atoms with E-state index in [9.17, 15) is 13.6 Å². The number of thioether (sulfide) groups is 1. The van der Waals surface area contributed by atoms with Crippen LogP contribution in [0.15, 0.2) is 66.0 Å². The highest BCUT2D eigenvalue weighted by Crippen LogP contribution is 2.27. The lowest BCUT2D eigenvalue weighted by Crippen LogP contribution is -2.47. The van der Waals surface area contributed by atoms with Crippen LogP contribution >= 0.6 is 11.8 Å². The number of aromatic nitrogens is 2. The second-order valence-electron chi connectivity index (χ2n) is 6.96. The highest BCUT2D eigenvalue weighted by atomic mass is 32.2. The standard InChI is InChI=1S/C22H21F2N5OS/c23-16-6-7-19(18(24)14-16)27-20(30)15-31-22-21(25-8-9-26-22)29-12-10-28(11-13-29)17-4-2-1-3-5-17/h1-9,14H,10-13,15H2,(H,27,30). The molecule has 1 amide bonds. The normalized spacial score (nSPS) is 13.9. The number of carbonyl (C=O) groups excluding carboxylic acids is 1. The fourth-order valence-electron chi connectivity index (χ4n) is 3.36. The van der Waals surface area contributed by atoms with E-state index < -0.39 is 17.5 Å². The molecule has 1 saturated heterocycles. The van der Waals surface area contributed by atoms with Gasteiger partial charge in [-0.2, -0.15) is 0 Å². The molecule has 0 atom stereocenters. The number of para-hydroxylation sites is 1. The summed E-state index contributed by atoms with van der Waals surface area (Å²) < 4.78 is 26.8. The number of piperazine rings is 1. The van der Waals surface area contributed by atoms with Gasteiger partial charge in [0.15, 0.2) is 5.82 Å². The zero-order valence-corrected chi connectivity index (χ0v) is 17.5. The van der Waals surface area contributed by atoms with Crippen molar-refractivity contribution in [1.82, 2.24) is 9.97 Å². The van der Waals surface area contributed by atoms with Crippen molar-refractivity contribution in [3.63, 3.8) is 0 Å². The summed E-state index contributed by atoms with van der Waals surface area (Å²) in [5.74, 6) is -1.13. The first-order valence-corrected chi connectivity index (χ1v) is 10.8. The van der Waals surface area contributed by atoms with Crippen LogP contribution in [0.2, 0.25) is 0 Å². The van der Waals surface area contributed by atoms with Crippen molar-refractivity contribution in [2.24, 2.45) is 0 Å². The fraction of sp³-hybridized carbons (Fsp3) is 0.227. The van der Waals surface area contributed by atoms with E-state index in [0.29, 0.717) is 5.03 Å². The molecule has 1 N–H and O–H groups in total. The maximum Gasteiger partial charge on any atom is 0.234 e. The second-order valence-corrected chi connectivity index (χ2v) is 7.92. The van der Waals surface area contributed by atoms with Gasteiger partial charge in [-0.1, -0.05) is 30.0 Å². The maximum absolute atomic E-state index is 13.7. The van der Waals surface area contributed by atoms with E-state index in [2.05, 4.69) is 37.2 Å². The number of rotatable bonds is 6. The zero-order chi connectivity index (χ0) is 21.6. The molecule has 9 heteroatoms. The molecule has 2 aromatic carbocycles. The van der Waals surface area contributed by atoms with Crippen LogP contribution in [0.25, 0.3) is 0 Å². The van der Waals surface area contributed by atoms with Crippen LogP contribution in [0.5, 0.6) is 0 Å². The summed E-state index contributed by atoms with van der Waals surface area (Å²) in [6.07, 6.45) is 3.22. The van der Waals surface area contributed by atoms with Crippen molar-refractivity contribution in [1.29, 1.82) is 0 Å². The Balaban J connectivity index is 1.36. The van der Waals surface area contributed by atoms with Gasteiger partial charge in [-0.25, -0.2) is 18.7 Å². The quantitative estimate of drug-likeness (QED) is 0.587. The Labute approximate surface area is 183 Å². The molecule has 0 bridgehead atoms. The SMILES string of the molecule is O=C(CSc1nccnc1N1CCN(c2ccccc2)CC1)Nc1ccc(F)cc1F. The number of anilines is 3. The molecular formula is C22H21F2N5OS. The summed E-state index contributed by atoms with van der Waals surface area (Å²) >= 11 is 1.24. The summed E-state index contributed by atoms with van der Waals surface area (Å²) in [5, 5.41) is 3.10. The van der Waals surface area contributed by atoms with Gasteiger partial charge < -0.3 is 15.1 Å². The molecule has 3 aromatic rings. The average Bonchev–Trinajstić information content (AvgIpc) is 2.80. The molecule has 0 aliphatic carbocycles. The van der Waals surface area contributed by atoms with Gasteiger partial charge in [0.05, 0.1) is 11.4 Å². The molecule has 160 valence electrons. The van der Waals surface area contributed by atoms with E-state index in [1.807, 2.05) is 18.2 Å². The van der Waals surface area contributed by atoms with Crippen LogP contribution in [0.4, 0.5) is 26.0 Å². The van der Waals surface area contributed by atoms with Crippen LogP contribution in [-0.4, -0.2) is 47.8 Å². The van der Waals surface area contributed by atoms with Gasteiger partial charge in [0.2, 0.25) is 5.91 Å². The van der Waals surface area contributed by atoms with Gasteiger partial charge in [-0.3, -0.25) is 4.79 Å². The maximum atomic E-state index is 13.7. The third-order valence-electron chi connectivity index (χ3n) is 4.89. The fourth-order valence-corrected chi connectivity index (χ4v) is 4.15. The molecule has 6 nitrogen and oxygen atoms in total. The van der Waals surface area contributed by atoms with E-state index >= 15 is 0 Å². The number of carbonyl (C=O) groups is 1. The molecular weight excluding hydrogens is 420 g/mol. The zero-order valence-electron chi connectivity index (χ0n) is 16.7. The first-order chi connectivity index (χ1) is 15.1. The smallest absolute Gasteiger partial charge is 0.234 e. The largest absolute Gasteiger partial charge is 0.368 e. The molecule has 1 aliphatic rings. The van der Waals surface area contributed by atoms with Crippen molar-refractivity contribution in [3.8, 4) is 0 Å². The minimum absolute atomic E-state index is 0.0342. The number of nitrogens with one attached hydrogen (secondary N) is 1. The highest BCUT2D eigenvalue weighted by Gasteiger charge is 2.21. The van der Waals surface area contributed by atoms with E-state index in [1.165, 1.54) is 23.5 Å². The molecule has 2 heterocycles. The number of hydrogen-bond acceptors (Lipinski definition) is 6. The van der Waals surface area contributed by atoms with E-state index in [-0.39, 0.29) is 11.4 Å². The molecule has 0 saturated carbocycles. The predicted octanol–water partition coefficient (Wildman–Crippen LogP) is 3.81. The summed E-state index contributed by atoms with van der Waals surface area (Å²) in [5.41, 5.74) is 1.14. The molecule has 31 heavy (non-hydrogen) atoms. The molecule has 1 fully saturated rings. The van der Waals surface area contributed by atoms with E-state index in [4.69, 9.17) is 0 Å². The minimum Gasteiger partial charge on any atom is -0.368 e. The monoisotopic (exact) mass is 441 g/mol. The van der Waals surface area contributed by atoms with Gasteiger partial charge in [0, 0.05) is 50.3 Å². The number of nitrogens with zero attached hydrogens (tertiary/aromatic N) is 4. The number of hydrogen-bond donors (Lipinski definition) is 1. The summed E-state index contributed by atoms with van der Waals surface area (Å²) in [6.45, 7) is 3.28. The molecule has 0 spiro atoms. The Kier molecular flexibility index (Phi) is 6.61. The lowest BCUT2D eigenvalue weighted by molar-refractivity contribution is -0.113. The van der Waals surface area contributed by atoms with Crippen LogP contribution in [0.3, 0.4) is 0 Å². The van der Waals surface area contributed by atoms with E-state index in [0.717, 1.165) is 44.1 Å². The molecule has 0 radical (unpaired) electrons. The summed E-state index contributed by atoms with van der Waals surface area (Å²) in [4.78, 5) is 25.6. The Morgan fingerprint density at radius 2 is 1.68 bits per heavy atom. The van der Waals surface area contributed by atoms with Crippen LogP contribution < -0.4 is 15.1 Å².